The van der Waals surface area contributed by atoms with Crippen LogP contribution in [0.15, 0.2) is 45.6 Å². The molecule has 0 amide bonds. The van der Waals surface area contributed by atoms with Crippen molar-refractivity contribution >= 4 is 16.9 Å². The molecular weight excluding hydrogens is 476 g/mol. The monoisotopic (exact) mass is 508 g/mol. The van der Waals surface area contributed by atoms with Gasteiger partial charge in [-0.1, -0.05) is 6.92 Å². The standard InChI is InChI=1S/C28H32N2O7/c1-3-14-34-28(32)20-4-6-21(7-5-20)37-26-19(2)36-27-22(25(26)31)8-9-24-23(27)17-30(18-35-24)11-10-29-12-15-33-16-13-29/h4-9H,3,10-18H2,1-2H3. The molecule has 2 aliphatic heterocycles. The van der Waals surface area contributed by atoms with E-state index in [0.29, 0.717) is 47.9 Å². The van der Waals surface area contributed by atoms with Gasteiger partial charge in [-0.25, -0.2) is 4.79 Å². The second-order valence-electron chi connectivity index (χ2n) is 9.28. The first-order valence-corrected chi connectivity index (χ1v) is 12.7. The fourth-order valence-electron chi connectivity index (χ4n) is 4.53. The van der Waals surface area contributed by atoms with Gasteiger partial charge in [-0.2, -0.15) is 0 Å². The third-order valence-electron chi connectivity index (χ3n) is 6.61. The number of hydrogen-bond acceptors (Lipinski definition) is 9. The number of fused-ring (bicyclic) bond motifs is 3. The Bertz CT molecular complexity index is 1310. The summed E-state index contributed by atoms with van der Waals surface area (Å²) in [6, 6.07) is 10.1. The van der Waals surface area contributed by atoms with Crippen molar-refractivity contribution < 1.29 is 28.2 Å². The average molecular weight is 509 g/mol. The third kappa shape index (κ3) is 5.64. The highest BCUT2D eigenvalue weighted by Crippen LogP contribution is 2.34. The number of morpholine rings is 1. The first kappa shape index (κ1) is 25.3. The molecule has 1 fully saturated rings. The molecule has 0 radical (unpaired) electrons. The van der Waals surface area contributed by atoms with Crippen molar-refractivity contribution in [2.24, 2.45) is 0 Å². The normalized spacial score (nSPS) is 16.3. The molecule has 0 saturated carbocycles. The van der Waals surface area contributed by atoms with Gasteiger partial charge in [-0.15, -0.1) is 0 Å². The number of hydrogen-bond donors (Lipinski definition) is 0. The van der Waals surface area contributed by atoms with Crippen LogP contribution in [0.25, 0.3) is 11.0 Å². The molecule has 5 rings (SSSR count). The number of rotatable bonds is 8. The van der Waals surface area contributed by atoms with Crippen molar-refractivity contribution in [1.29, 1.82) is 0 Å². The highest BCUT2D eigenvalue weighted by atomic mass is 16.5. The largest absolute Gasteiger partial charge is 0.478 e. The van der Waals surface area contributed by atoms with Gasteiger partial charge in [0.1, 0.15) is 29.6 Å². The molecule has 3 heterocycles. The highest BCUT2D eigenvalue weighted by molar-refractivity contribution is 5.89. The smallest absolute Gasteiger partial charge is 0.338 e. The van der Waals surface area contributed by atoms with E-state index in [9.17, 15) is 9.59 Å². The number of nitrogens with zero attached hydrogens (tertiary/aromatic N) is 2. The summed E-state index contributed by atoms with van der Waals surface area (Å²) in [4.78, 5) is 30.1. The zero-order valence-corrected chi connectivity index (χ0v) is 21.3. The molecular formula is C28H32N2O7. The van der Waals surface area contributed by atoms with E-state index >= 15 is 0 Å². The summed E-state index contributed by atoms with van der Waals surface area (Å²) in [6.07, 6.45) is 0.756. The second kappa shape index (κ2) is 11.3. The Balaban J connectivity index is 1.34. The van der Waals surface area contributed by atoms with Gasteiger partial charge in [0.25, 0.3) is 0 Å². The van der Waals surface area contributed by atoms with Crippen molar-refractivity contribution in [3.63, 3.8) is 0 Å². The van der Waals surface area contributed by atoms with Gasteiger partial charge in [0.2, 0.25) is 11.2 Å². The number of esters is 1. The van der Waals surface area contributed by atoms with Gasteiger partial charge in [0.05, 0.1) is 36.3 Å². The van der Waals surface area contributed by atoms with Crippen molar-refractivity contribution in [1.82, 2.24) is 9.80 Å². The summed E-state index contributed by atoms with van der Waals surface area (Å²) in [6.45, 7) is 10.4. The van der Waals surface area contributed by atoms with Gasteiger partial charge in [-0.3, -0.25) is 14.6 Å². The lowest BCUT2D eigenvalue weighted by molar-refractivity contribution is 0.0241. The number of aryl methyl sites for hydroxylation is 1. The van der Waals surface area contributed by atoms with E-state index in [1.54, 1.807) is 37.3 Å². The molecule has 0 atom stereocenters. The number of benzene rings is 2. The summed E-state index contributed by atoms with van der Waals surface area (Å²) in [5.74, 6) is 1.27. The predicted octanol–water partition coefficient (Wildman–Crippen LogP) is 3.94. The maximum atomic E-state index is 13.4. The van der Waals surface area contributed by atoms with Gasteiger partial charge >= 0.3 is 5.97 Å². The first-order chi connectivity index (χ1) is 18.0. The van der Waals surface area contributed by atoms with E-state index in [4.69, 9.17) is 23.4 Å². The summed E-state index contributed by atoms with van der Waals surface area (Å²) < 4.78 is 28.7. The maximum absolute atomic E-state index is 13.4. The molecule has 1 saturated heterocycles. The highest BCUT2D eigenvalue weighted by Gasteiger charge is 2.25. The molecule has 1 aromatic heterocycles. The van der Waals surface area contributed by atoms with E-state index in [1.807, 2.05) is 13.0 Å². The fourth-order valence-corrected chi connectivity index (χ4v) is 4.53. The Labute approximate surface area is 215 Å². The average Bonchev–Trinajstić information content (AvgIpc) is 2.93. The number of carbonyl (C=O) groups excluding carboxylic acids is 1. The van der Waals surface area contributed by atoms with Crippen LogP contribution >= 0.6 is 0 Å². The van der Waals surface area contributed by atoms with Crippen LogP contribution in [0.4, 0.5) is 0 Å². The van der Waals surface area contributed by atoms with E-state index in [0.717, 1.165) is 57.1 Å². The van der Waals surface area contributed by atoms with Gasteiger partial charge in [0.15, 0.2) is 0 Å². The van der Waals surface area contributed by atoms with Crippen molar-refractivity contribution in [3.8, 4) is 17.2 Å². The Morgan fingerprint density at radius 1 is 1.03 bits per heavy atom. The molecule has 9 nitrogen and oxygen atoms in total. The van der Waals surface area contributed by atoms with Crippen LogP contribution < -0.4 is 14.9 Å². The SMILES string of the molecule is CCCOC(=O)c1ccc(Oc2c(C)oc3c4c(ccc3c2=O)OCN(CCN2CCOCC2)C4)cc1. The topological polar surface area (TPSA) is 90.7 Å². The van der Waals surface area contributed by atoms with E-state index in [1.165, 1.54) is 0 Å². The quantitative estimate of drug-likeness (QED) is 0.420. The van der Waals surface area contributed by atoms with Crippen LogP contribution in [0.5, 0.6) is 17.2 Å². The minimum atomic E-state index is -0.388. The fraction of sp³-hybridized carbons (Fsp3) is 0.429. The van der Waals surface area contributed by atoms with Gasteiger partial charge < -0.3 is 23.4 Å². The van der Waals surface area contributed by atoms with Crippen molar-refractivity contribution in [2.45, 2.75) is 26.8 Å². The van der Waals surface area contributed by atoms with Crippen LogP contribution in [0.1, 0.15) is 35.0 Å². The predicted molar refractivity (Wildman–Crippen MR) is 137 cm³/mol. The molecule has 9 heteroatoms. The van der Waals surface area contributed by atoms with Crippen LogP contribution in [-0.2, 0) is 16.0 Å². The van der Waals surface area contributed by atoms with Gasteiger partial charge in [0, 0.05) is 32.7 Å². The Kier molecular flexibility index (Phi) is 7.73. The second-order valence-corrected chi connectivity index (χ2v) is 9.28. The van der Waals surface area contributed by atoms with E-state index in [-0.39, 0.29) is 17.1 Å². The van der Waals surface area contributed by atoms with E-state index in [2.05, 4.69) is 9.80 Å². The molecule has 0 unspecified atom stereocenters. The summed E-state index contributed by atoms with van der Waals surface area (Å²) >= 11 is 0. The molecule has 3 aromatic rings. The lowest BCUT2D eigenvalue weighted by Gasteiger charge is -2.32. The van der Waals surface area contributed by atoms with Crippen LogP contribution in [0.2, 0.25) is 0 Å². The van der Waals surface area contributed by atoms with Crippen LogP contribution in [-0.4, -0.2) is 68.5 Å². The Morgan fingerprint density at radius 3 is 2.54 bits per heavy atom. The van der Waals surface area contributed by atoms with Crippen LogP contribution in [0, 0.1) is 6.92 Å². The molecule has 0 N–H and O–H groups in total. The first-order valence-electron chi connectivity index (χ1n) is 12.7. The zero-order chi connectivity index (χ0) is 25.8. The molecule has 0 spiro atoms. The van der Waals surface area contributed by atoms with Crippen LogP contribution in [0.3, 0.4) is 0 Å². The Hall–Kier alpha value is -3.40. The minimum Gasteiger partial charge on any atom is -0.478 e. The number of carbonyl (C=O) groups is 1. The Morgan fingerprint density at radius 2 is 1.78 bits per heavy atom. The summed E-state index contributed by atoms with van der Waals surface area (Å²) in [5, 5.41) is 0.442. The molecule has 37 heavy (non-hydrogen) atoms. The summed E-state index contributed by atoms with van der Waals surface area (Å²) in [7, 11) is 0. The summed E-state index contributed by atoms with van der Waals surface area (Å²) in [5.41, 5.74) is 1.57. The molecule has 196 valence electrons. The zero-order valence-electron chi connectivity index (χ0n) is 21.3. The number of ether oxygens (including phenoxy) is 4. The lowest BCUT2D eigenvalue weighted by Crippen LogP contribution is -2.43. The maximum Gasteiger partial charge on any atom is 0.338 e. The van der Waals surface area contributed by atoms with Crippen molar-refractivity contribution in [3.05, 3.63) is 63.5 Å². The third-order valence-corrected chi connectivity index (χ3v) is 6.61. The molecule has 2 aliphatic rings. The molecule has 0 bridgehead atoms. The minimum absolute atomic E-state index is 0.120. The van der Waals surface area contributed by atoms with Crippen molar-refractivity contribution in [2.75, 3.05) is 52.7 Å². The van der Waals surface area contributed by atoms with E-state index < -0.39 is 0 Å². The lowest BCUT2D eigenvalue weighted by atomic mass is 10.1. The molecule has 0 aliphatic carbocycles. The van der Waals surface area contributed by atoms with Gasteiger partial charge in [-0.05, 0) is 49.7 Å². The molecule has 2 aromatic carbocycles.